The molecule has 0 radical (unpaired) electrons. The standard InChI is InChI=1S/C4H7NS/c1-2-5-4-6-3-1/h1,3,5H,2,4H2/i4D. The van der Waals surface area contributed by atoms with Gasteiger partial charge in [-0.15, -0.1) is 11.8 Å². The summed E-state index contributed by atoms with van der Waals surface area (Å²) >= 11 is 1.49. The molecule has 0 amide bonds. The van der Waals surface area contributed by atoms with Gasteiger partial charge in [-0.05, 0) is 5.41 Å². The quantitative estimate of drug-likeness (QED) is 0.485. The van der Waals surface area contributed by atoms with E-state index >= 15 is 0 Å². The van der Waals surface area contributed by atoms with Crippen molar-refractivity contribution in [1.29, 1.82) is 0 Å². The lowest BCUT2D eigenvalue weighted by Gasteiger charge is -2.00. The van der Waals surface area contributed by atoms with E-state index in [4.69, 9.17) is 1.37 Å². The van der Waals surface area contributed by atoms with Gasteiger partial charge >= 0.3 is 0 Å². The molecule has 1 aliphatic rings. The number of hydrogen-bond donors (Lipinski definition) is 1. The fraction of sp³-hybridized carbons (Fsp3) is 0.500. The Bertz CT molecular complexity index is 83.8. The van der Waals surface area contributed by atoms with Crippen molar-refractivity contribution < 1.29 is 1.37 Å². The van der Waals surface area contributed by atoms with Crippen molar-refractivity contribution in [1.82, 2.24) is 5.32 Å². The summed E-state index contributed by atoms with van der Waals surface area (Å²) < 4.78 is 7.07. The lowest BCUT2D eigenvalue weighted by atomic mass is 10.6. The molecule has 0 aromatic heterocycles. The Balaban J connectivity index is 2.32. The second-order valence-corrected chi connectivity index (χ2v) is 1.81. The highest BCUT2D eigenvalue weighted by Gasteiger charge is 1.84. The molecular formula is C4H7NS. The van der Waals surface area contributed by atoms with E-state index in [0.717, 1.165) is 6.54 Å². The monoisotopic (exact) mass is 102 g/mol. The summed E-state index contributed by atoms with van der Waals surface area (Å²) in [5.74, 6) is -0.134. The third-order valence-corrected chi connectivity index (χ3v) is 1.21. The maximum Gasteiger partial charge on any atom is 0.0549 e. The summed E-state index contributed by atoms with van der Waals surface area (Å²) in [4.78, 5) is 0. The summed E-state index contributed by atoms with van der Waals surface area (Å²) in [7, 11) is 0. The Kier molecular flexibility index (Phi) is 1.17. The third-order valence-electron chi connectivity index (χ3n) is 0.562. The molecule has 0 aromatic rings. The Morgan fingerprint density at radius 3 is 3.33 bits per heavy atom. The maximum atomic E-state index is 7.07. The molecule has 0 fully saturated rings. The van der Waals surface area contributed by atoms with Crippen molar-refractivity contribution in [3.63, 3.8) is 0 Å². The van der Waals surface area contributed by atoms with Gasteiger partial charge < -0.3 is 5.32 Å². The smallest absolute Gasteiger partial charge is 0.0549 e. The highest BCUT2D eigenvalue weighted by Crippen LogP contribution is 2.00. The summed E-state index contributed by atoms with van der Waals surface area (Å²) in [5.41, 5.74) is 0. The lowest BCUT2D eigenvalue weighted by molar-refractivity contribution is 0.887. The van der Waals surface area contributed by atoms with E-state index in [-0.39, 0.29) is 5.85 Å². The molecule has 1 aliphatic heterocycles. The molecule has 1 nitrogen and oxygen atoms in total. The molecule has 0 saturated carbocycles. The van der Waals surface area contributed by atoms with Crippen LogP contribution in [0.25, 0.3) is 0 Å². The van der Waals surface area contributed by atoms with Gasteiger partial charge in [-0.25, -0.2) is 0 Å². The zero-order valence-corrected chi connectivity index (χ0v) is 4.16. The predicted molar refractivity (Wildman–Crippen MR) is 29.6 cm³/mol. The van der Waals surface area contributed by atoms with E-state index in [1.807, 2.05) is 11.5 Å². The zero-order chi connectivity index (χ0) is 5.11. The van der Waals surface area contributed by atoms with Crippen LogP contribution in [-0.4, -0.2) is 12.4 Å². The van der Waals surface area contributed by atoms with Gasteiger partial charge in [0.05, 0.1) is 1.37 Å². The average molecular weight is 102 g/mol. The van der Waals surface area contributed by atoms with Crippen LogP contribution in [0.1, 0.15) is 1.37 Å². The first-order valence-corrected chi connectivity index (χ1v) is 2.80. The van der Waals surface area contributed by atoms with Crippen LogP contribution in [0.2, 0.25) is 0 Å². The number of rotatable bonds is 0. The first-order valence-electron chi connectivity index (χ1n) is 2.43. The highest BCUT2D eigenvalue weighted by atomic mass is 32.2. The molecule has 1 atom stereocenters. The fourth-order valence-electron chi connectivity index (χ4n) is 0.307. The molecule has 1 heterocycles. The summed E-state index contributed by atoms with van der Waals surface area (Å²) in [6, 6.07) is 0. The Hall–Kier alpha value is 0.0500. The average Bonchev–Trinajstić information content (AvgIpc) is 1.69. The summed E-state index contributed by atoms with van der Waals surface area (Å²) in [5, 5.41) is 4.88. The molecule has 0 bridgehead atoms. The van der Waals surface area contributed by atoms with E-state index in [1.54, 1.807) is 0 Å². The third kappa shape index (κ3) is 1.03. The molecular weight excluding hydrogens is 94.1 g/mol. The topological polar surface area (TPSA) is 12.0 Å². The summed E-state index contributed by atoms with van der Waals surface area (Å²) in [6.07, 6.45) is 2.01. The Morgan fingerprint density at radius 2 is 3.00 bits per heavy atom. The van der Waals surface area contributed by atoms with Gasteiger partial charge in [0.2, 0.25) is 0 Å². The van der Waals surface area contributed by atoms with Crippen LogP contribution < -0.4 is 5.32 Å². The molecule has 1 unspecified atom stereocenters. The van der Waals surface area contributed by atoms with Gasteiger partial charge in [-0.2, -0.15) is 0 Å². The maximum absolute atomic E-state index is 7.07. The van der Waals surface area contributed by atoms with Crippen LogP contribution in [0.15, 0.2) is 11.5 Å². The van der Waals surface area contributed by atoms with E-state index in [2.05, 4.69) is 5.32 Å². The molecule has 0 aromatic carbocycles. The molecule has 0 aliphatic carbocycles. The highest BCUT2D eigenvalue weighted by molar-refractivity contribution is 8.02. The molecule has 0 saturated heterocycles. The van der Waals surface area contributed by atoms with Gasteiger partial charge in [0.1, 0.15) is 0 Å². The van der Waals surface area contributed by atoms with E-state index in [9.17, 15) is 0 Å². The first kappa shape index (κ1) is 3.10. The van der Waals surface area contributed by atoms with Crippen molar-refractivity contribution in [2.24, 2.45) is 0 Å². The van der Waals surface area contributed by atoms with Crippen molar-refractivity contribution in [3.8, 4) is 0 Å². The largest absolute Gasteiger partial charge is 0.304 e. The van der Waals surface area contributed by atoms with Crippen LogP contribution in [0.4, 0.5) is 0 Å². The van der Waals surface area contributed by atoms with Crippen molar-refractivity contribution >= 4 is 11.8 Å². The minimum Gasteiger partial charge on any atom is -0.304 e. The van der Waals surface area contributed by atoms with Gasteiger partial charge in [-0.1, -0.05) is 6.08 Å². The van der Waals surface area contributed by atoms with Gasteiger partial charge in [0, 0.05) is 12.4 Å². The van der Waals surface area contributed by atoms with Crippen molar-refractivity contribution in [2.45, 2.75) is 0 Å². The van der Waals surface area contributed by atoms with Crippen LogP contribution in [-0.2, 0) is 0 Å². The number of nitrogens with one attached hydrogen (secondary N) is 1. The predicted octanol–water partition coefficient (Wildman–Crippen LogP) is 0.794. The molecule has 1 rings (SSSR count). The van der Waals surface area contributed by atoms with Gasteiger partial charge in [0.15, 0.2) is 0 Å². The van der Waals surface area contributed by atoms with Crippen molar-refractivity contribution in [3.05, 3.63) is 11.5 Å². The fourth-order valence-corrected chi connectivity index (χ4v) is 0.786. The minimum absolute atomic E-state index is 0.134. The number of thioether (sulfide) groups is 1. The summed E-state index contributed by atoms with van der Waals surface area (Å²) in [6.45, 7) is 0.848. The molecule has 6 heavy (non-hydrogen) atoms. The van der Waals surface area contributed by atoms with Crippen LogP contribution in [0.3, 0.4) is 0 Å². The van der Waals surface area contributed by atoms with Crippen LogP contribution >= 0.6 is 11.8 Å². The van der Waals surface area contributed by atoms with E-state index in [1.165, 1.54) is 11.8 Å². The van der Waals surface area contributed by atoms with Gasteiger partial charge in [-0.3, -0.25) is 0 Å². The Morgan fingerprint density at radius 1 is 2.00 bits per heavy atom. The zero-order valence-electron chi connectivity index (χ0n) is 4.35. The number of hydrogen-bond acceptors (Lipinski definition) is 2. The first-order chi connectivity index (χ1) is 3.39. The molecule has 0 spiro atoms. The van der Waals surface area contributed by atoms with Crippen LogP contribution in [0, 0.1) is 0 Å². The van der Waals surface area contributed by atoms with E-state index < -0.39 is 0 Å². The van der Waals surface area contributed by atoms with E-state index in [0.29, 0.717) is 0 Å². The lowest BCUT2D eigenvalue weighted by Crippen LogP contribution is -2.13. The molecule has 1 N–H and O–H groups in total. The minimum atomic E-state index is -0.134. The molecule has 34 valence electrons. The van der Waals surface area contributed by atoms with Crippen LogP contribution in [0.5, 0.6) is 0 Å². The normalized spacial score (nSPS) is 36.0. The second kappa shape index (κ2) is 2.26. The molecule has 2 heteroatoms. The second-order valence-electron chi connectivity index (χ2n) is 1.03. The Labute approximate surface area is 43.2 Å². The SMILES string of the molecule is [2H]C1NCC=CS1. The van der Waals surface area contributed by atoms with Crippen molar-refractivity contribution in [2.75, 3.05) is 12.4 Å². The van der Waals surface area contributed by atoms with Gasteiger partial charge in [0.25, 0.3) is 0 Å².